The highest BCUT2D eigenvalue weighted by Gasteiger charge is 2.32. The standard InChI is InChI=1S/C17H17Cl2NO4/c1-12-9-13(20(21)22)11-17(2,10-12)24-15-6-4-3-5-14(15)23-8-7-16(18)19/h3-7,9,11H,8,10H2,1-2H3. The van der Waals surface area contributed by atoms with Crippen LogP contribution >= 0.6 is 23.2 Å². The number of hydrogen-bond donors (Lipinski definition) is 0. The molecule has 1 atom stereocenters. The molecule has 1 unspecified atom stereocenters. The summed E-state index contributed by atoms with van der Waals surface area (Å²) in [5, 5.41) is 11.1. The summed E-state index contributed by atoms with van der Waals surface area (Å²) >= 11 is 11.1. The van der Waals surface area contributed by atoms with Crippen molar-refractivity contribution in [1.82, 2.24) is 0 Å². The van der Waals surface area contributed by atoms with Crippen LogP contribution in [0.5, 0.6) is 11.5 Å². The molecular weight excluding hydrogens is 353 g/mol. The lowest BCUT2D eigenvalue weighted by molar-refractivity contribution is -0.420. The smallest absolute Gasteiger partial charge is 0.269 e. The summed E-state index contributed by atoms with van der Waals surface area (Å²) in [6, 6.07) is 7.11. The van der Waals surface area contributed by atoms with Gasteiger partial charge < -0.3 is 9.47 Å². The van der Waals surface area contributed by atoms with Crippen LogP contribution in [0.3, 0.4) is 0 Å². The van der Waals surface area contributed by atoms with Gasteiger partial charge in [0.05, 0.1) is 4.92 Å². The van der Waals surface area contributed by atoms with E-state index in [9.17, 15) is 10.1 Å². The summed E-state index contributed by atoms with van der Waals surface area (Å²) in [4.78, 5) is 10.7. The Kier molecular flexibility index (Phi) is 5.91. The van der Waals surface area contributed by atoms with E-state index in [0.29, 0.717) is 17.9 Å². The van der Waals surface area contributed by atoms with Gasteiger partial charge in [-0.2, -0.15) is 0 Å². The van der Waals surface area contributed by atoms with E-state index in [2.05, 4.69) is 0 Å². The van der Waals surface area contributed by atoms with E-state index >= 15 is 0 Å². The minimum atomic E-state index is -0.833. The van der Waals surface area contributed by atoms with Crippen molar-refractivity contribution in [3.8, 4) is 11.5 Å². The molecule has 1 aliphatic rings. The van der Waals surface area contributed by atoms with Crippen LogP contribution in [0.15, 0.2) is 58.3 Å². The van der Waals surface area contributed by atoms with Crippen LogP contribution in [0.4, 0.5) is 0 Å². The Hall–Kier alpha value is -1.98. The van der Waals surface area contributed by atoms with Crippen LogP contribution in [-0.2, 0) is 0 Å². The van der Waals surface area contributed by atoms with Gasteiger partial charge in [0.25, 0.3) is 5.70 Å². The lowest BCUT2D eigenvalue weighted by atomic mass is 9.90. The second kappa shape index (κ2) is 7.73. The van der Waals surface area contributed by atoms with Gasteiger partial charge in [-0.25, -0.2) is 0 Å². The number of rotatable bonds is 6. The SMILES string of the molecule is CC1=CC([N+](=O)[O-])=CC(C)(Oc2ccccc2OCC=C(Cl)Cl)C1. The maximum atomic E-state index is 11.1. The average molecular weight is 370 g/mol. The highest BCUT2D eigenvalue weighted by atomic mass is 35.5. The van der Waals surface area contributed by atoms with Gasteiger partial charge in [0.15, 0.2) is 11.5 Å². The summed E-state index contributed by atoms with van der Waals surface area (Å²) in [5.74, 6) is 1.00. The van der Waals surface area contributed by atoms with Crippen molar-refractivity contribution >= 4 is 23.2 Å². The zero-order valence-corrected chi connectivity index (χ0v) is 14.8. The van der Waals surface area contributed by atoms with E-state index in [1.54, 1.807) is 37.3 Å². The van der Waals surface area contributed by atoms with Gasteiger partial charge in [-0.15, -0.1) is 0 Å². The average Bonchev–Trinajstić information content (AvgIpc) is 2.47. The van der Waals surface area contributed by atoms with Gasteiger partial charge in [0.1, 0.15) is 16.7 Å². The third-order valence-corrected chi connectivity index (χ3v) is 3.67. The fourth-order valence-corrected chi connectivity index (χ4v) is 2.66. The molecule has 0 saturated heterocycles. The summed E-state index contributed by atoms with van der Waals surface area (Å²) in [5.41, 5.74) is 0.0687. The zero-order chi connectivity index (χ0) is 17.7. The van der Waals surface area contributed by atoms with Crippen LogP contribution in [0.1, 0.15) is 20.3 Å². The lowest BCUT2D eigenvalue weighted by Crippen LogP contribution is -2.33. The van der Waals surface area contributed by atoms with E-state index in [0.717, 1.165) is 5.57 Å². The number of allylic oxidation sites excluding steroid dienone is 1. The van der Waals surface area contributed by atoms with Crippen molar-refractivity contribution in [3.05, 3.63) is 68.4 Å². The third-order valence-electron chi connectivity index (χ3n) is 3.36. The molecule has 0 fully saturated rings. The lowest BCUT2D eigenvalue weighted by Gasteiger charge is -2.30. The predicted octanol–water partition coefficient (Wildman–Crippen LogP) is 5.03. The Morgan fingerprint density at radius 3 is 2.67 bits per heavy atom. The van der Waals surface area contributed by atoms with Crippen molar-refractivity contribution in [2.75, 3.05) is 6.61 Å². The maximum Gasteiger partial charge on any atom is 0.269 e. The minimum Gasteiger partial charge on any atom is -0.486 e. The molecule has 0 aromatic heterocycles. The monoisotopic (exact) mass is 369 g/mol. The molecule has 1 aromatic rings. The van der Waals surface area contributed by atoms with E-state index in [1.807, 2.05) is 6.92 Å². The number of ether oxygens (including phenoxy) is 2. The molecule has 0 saturated carbocycles. The number of hydrogen-bond acceptors (Lipinski definition) is 4. The quantitative estimate of drug-likeness (QED) is 0.520. The van der Waals surface area contributed by atoms with Crippen LogP contribution in [0.25, 0.3) is 0 Å². The normalized spacial score (nSPS) is 19.8. The number of benzene rings is 1. The molecule has 5 nitrogen and oxygen atoms in total. The number of nitro groups is 1. The van der Waals surface area contributed by atoms with Crippen LogP contribution in [0.2, 0.25) is 0 Å². The molecular formula is C17H17Cl2NO4. The Balaban J connectivity index is 2.23. The Labute approximate surface area is 150 Å². The van der Waals surface area contributed by atoms with Crippen LogP contribution in [-0.4, -0.2) is 17.1 Å². The van der Waals surface area contributed by atoms with Gasteiger partial charge in [-0.1, -0.05) is 40.9 Å². The first-order chi connectivity index (χ1) is 11.3. The second-order valence-electron chi connectivity index (χ2n) is 5.66. The largest absolute Gasteiger partial charge is 0.486 e. The predicted molar refractivity (Wildman–Crippen MR) is 94.2 cm³/mol. The molecule has 7 heteroatoms. The van der Waals surface area contributed by atoms with Gasteiger partial charge in [-0.3, -0.25) is 10.1 Å². The first-order valence-electron chi connectivity index (χ1n) is 7.25. The Morgan fingerprint density at radius 2 is 2.04 bits per heavy atom. The molecule has 2 rings (SSSR count). The maximum absolute atomic E-state index is 11.1. The van der Waals surface area contributed by atoms with Gasteiger partial charge >= 0.3 is 0 Å². The topological polar surface area (TPSA) is 61.6 Å². The first kappa shape index (κ1) is 18.4. The van der Waals surface area contributed by atoms with Crippen molar-refractivity contribution in [2.24, 2.45) is 0 Å². The fraction of sp³-hybridized carbons (Fsp3) is 0.294. The summed E-state index contributed by atoms with van der Waals surface area (Å²) in [6.07, 6.45) is 5.14. The number of para-hydroxylation sites is 2. The summed E-state index contributed by atoms with van der Waals surface area (Å²) < 4.78 is 11.8. The molecule has 1 aromatic carbocycles. The molecule has 0 aliphatic heterocycles. The van der Waals surface area contributed by atoms with Crippen molar-refractivity contribution in [3.63, 3.8) is 0 Å². The fourth-order valence-electron chi connectivity index (χ4n) is 2.53. The van der Waals surface area contributed by atoms with Crippen molar-refractivity contribution in [2.45, 2.75) is 25.9 Å². The zero-order valence-electron chi connectivity index (χ0n) is 13.3. The summed E-state index contributed by atoms with van der Waals surface area (Å²) in [7, 11) is 0. The van der Waals surface area contributed by atoms with Gasteiger partial charge in [0.2, 0.25) is 0 Å². The Bertz CT molecular complexity index is 723. The number of nitrogens with zero attached hydrogens (tertiary/aromatic N) is 1. The first-order valence-corrected chi connectivity index (χ1v) is 8.01. The molecule has 128 valence electrons. The molecule has 0 amide bonds. The summed E-state index contributed by atoms with van der Waals surface area (Å²) in [6.45, 7) is 3.83. The Morgan fingerprint density at radius 1 is 1.38 bits per heavy atom. The highest BCUT2D eigenvalue weighted by Crippen LogP contribution is 2.35. The molecule has 24 heavy (non-hydrogen) atoms. The second-order valence-corrected chi connectivity index (χ2v) is 6.67. The van der Waals surface area contributed by atoms with E-state index in [4.69, 9.17) is 32.7 Å². The van der Waals surface area contributed by atoms with Crippen molar-refractivity contribution in [1.29, 1.82) is 0 Å². The van der Waals surface area contributed by atoms with E-state index in [-0.39, 0.29) is 16.8 Å². The third kappa shape index (κ3) is 5.01. The van der Waals surface area contributed by atoms with Crippen LogP contribution < -0.4 is 9.47 Å². The van der Waals surface area contributed by atoms with Gasteiger partial charge in [-0.05, 0) is 32.1 Å². The molecule has 1 aliphatic carbocycles. The molecule has 0 radical (unpaired) electrons. The molecule has 0 bridgehead atoms. The van der Waals surface area contributed by atoms with Gasteiger partial charge in [0, 0.05) is 18.6 Å². The molecule has 0 spiro atoms. The molecule has 0 heterocycles. The van der Waals surface area contributed by atoms with Crippen LogP contribution in [0, 0.1) is 10.1 Å². The van der Waals surface area contributed by atoms with Crippen molar-refractivity contribution < 1.29 is 14.4 Å². The minimum absolute atomic E-state index is 0.0245. The molecule has 0 N–H and O–H groups in total. The van der Waals surface area contributed by atoms with E-state index < -0.39 is 10.5 Å². The highest BCUT2D eigenvalue weighted by molar-refractivity contribution is 6.55. The van der Waals surface area contributed by atoms with E-state index in [1.165, 1.54) is 12.2 Å². The number of halogens is 2.